The summed E-state index contributed by atoms with van der Waals surface area (Å²) in [6, 6.07) is 0.301. The van der Waals surface area contributed by atoms with Crippen LogP contribution in [0.5, 0.6) is 0 Å². The Morgan fingerprint density at radius 1 is 1.50 bits per heavy atom. The van der Waals surface area contributed by atoms with Gasteiger partial charge in [-0.25, -0.2) is 0 Å². The highest BCUT2D eigenvalue weighted by molar-refractivity contribution is 7.09. The molecule has 0 aromatic carbocycles. The number of rotatable bonds is 4. The summed E-state index contributed by atoms with van der Waals surface area (Å²) in [5, 5.41) is 7.09. The molecular formula is C8H10N4S2. The van der Waals surface area contributed by atoms with Gasteiger partial charge in [0.2, 0.25) is 0 Å². The van der Waals surface area contributed by atoms with Crippen molar-refractivity contribution in [2.24, 2.45) is 0 Å². The number of thiazole rings is 1. The predicted octanol–water partition coefficient (Wildman–Crippen LogP) is 1.50. The van der Waals surface area contributed by atoms with Gasteiger partial charge in [-0.15, -0.1) is 16.4 Å². The van der Waals surface area contributed by atoms with Crippen molar-refractivity contribution in [2.45, 2.75) is 12.5 Å². The Morgan fingerprint density at radius 3 is 3.00 bits per heavy atom. The fraction of sp³-hybridized carbons (Fsp3) is 0.375. The monoisotopic (exact) mass is 226 g/mol. The molecule has 0 aliphatic carbocycles. The Bertz CT molecular complexity index is 357. The molecule has 0 amide bonds. The van der Waals surface area contributed by atoms with Crippen LogP contribution in [0.1, 0.15) is 15.8 Å². The molecule has 0 saturated carbocycles. The van der Waals surface area contributed by atoms with Crippen LogP contribution in [0.2, 0.25) is 0 Å². The third kappa shape index (κ3) is 2.14. The van der Waals surface area contributed by atoms with E-state index in [1.807, 2.05) is 25.0 Å². The number of nitrogens with one attached hydrogen (secondary N) is 1. The lowest BCUT2D eigenvalue weighted by Gasteiger charge is -2.11. The standard InChI is InChI=1S/C8H10N4S2/c1-9-7(8-4-11-12-14-8)2-6-3-10-5-13-6/h3-5,7,9H,2H2,1H3. The van der Waals surface area contributed by atoms with E-state index in [2.05, 4.69) is 19.9 Å². The third-order valence-corrected chi connectivity index (χ3v) is 3.54. The molecule has 0 bridgehead atoms. The average Bonchev–Trinajstić information content (AvgIpc) is 2.86. The zero-order valence-corrected chi connectivity index (χ0v) is 9.31. The molecule has 6 heteroatoms. The predicted molar refractivity (Wildman–Crippen MR) is 57.5 cm³/mol. The van der Waals surface area contributed by atoms with Crippen LogP contribution < -0.4 is 5.32 Å². The van der Waals surface area contributed by atoms with Gasteiger partial charge in [-0.05, 0) is 18.6 Å². The molecule has 0 spiro atoms. The second-order valence-electron chi connectivity index (χ2n) is 2.83. The van der Waals surface area contributed by atoms with Gasteiger partial charge in [-0.2, -0.15) is 0 Å². The first-order valence-corrected chi connectivity index (χ1v) is 5.87. The minimum absolute atomic E-state index is 0.301. The van der Waals surface area contributed by atoms with E-state index < -0.39 is 0 Å². The van der Waals surface area contributed by atoms with Crippen molar-refractivity contribution in [2.75, 3.05) is 7.05 Å². The Labute approximate surface area is 90.2 Å². The maximum absolute atomic E-state index is 4.05. The number of hydrogen-bond acceptors (Lipinski definition) is 6. The summed E-state index contributed by atoms with van der Waals surface area (Å²) in [7, 11) is 1.95. The topological polar surface area (TPSA) is 50.7 Å². The third-order valence-electron chi connectivity index (χ3n) is 1.96. The Hall–Kier alpha value is -0.850. The highest BCUT2D eigenvalue weighted by atomic mass is 32.1. The molecular weight excluding hydrogens is 216 g/mol. The van der Waals surface area contributed by atoms with Crippen molar-refractivity contribution in [3.8, 4) is 0 Å². The molecule has 0 fully saturated rings. The smallest absolute Gasteiger partial charge is 0.0794 e. The Balaban J connectivity index is 2.08. The van der Waals surface area contributed by atoms with Crippen LogP contribution >= 0.6 is 22.9 Å². The van der Waals surface area contributed by atoms with Gasteiger partial charge in [0.05, 0.1) is 16.6 Å². The van der Waals surface area contributed by atoms with Crippen LogP contribution in [0.3, 0.4) is 0 Å². The van der Waals surface area contributed by atoms with Crippen LogP contribution in [0.15, 0.2) is 17.9 Å². The minimum atomic E-state index is 0.301. The lowest BCUT2D eigenvalue weighted by Crippen LogP contribution is -2.17. The molecule has 0 saturated heterocycles. The van der Waals surface area contributed by atoms with Gasteiger partial charge in [0.15, 0.2) is 0 Å². The summed E-state index contributed by atoms with van der Waals surface area (Å²) < 4.78 is 3.86. The summed E-state index contributed by atoms with van der Waals surface area (Å²) in [5.74, 6) is 0. The molecule has 1 atom stereocenters. The van der Waals surface area contributed by atoms with Gasteiger partial charge >= 0.3 is 0 Å². The molecule has 0 aliphatic heterocycles. The highest BCUT2D eigenvalue weighted by Crippen LogP contribution is 2.21. The van der Waals surface area contributed by atoms with Crippen molar-refractivity contribution >= 4 is 22.9 Å². The quantitative estimate of drug-likeness (QED) is 0.858. The van der Waals surface area contributed by atoms with Crippen LogP contribution in [-0.2, 0) is 6.42 Å². The van der Waals surface area contributed by atoms with Gasteiger partial charge in [0, 0.05) is 23.5 Å². The number of likely N-dealkylation sites (N-methyl/N-ethyl adjacent to an activating group) is 1. The van der Waals surface area contributed by atoms with Gasteiger partial charge in [0.1, 0.15) is 0 Å². The van der Waals surface area contributed by atoms with Gasteiger partial charge in [0.25, 0.3) is 0 Å². The Morgan fingerprint density at radius 2 is 2.43 bits per heavy atom. The number of nitrogens with zero attached hydrogens (tertiary/aromatic N) is 3. The molecule has 2 aromatic rings. The van der Waals surface area contributed by atoms with Crippen molar-refractivity contribution < 1.29 is 0 Å². The van der Waals surface area contributed by atoms with Gasteiger partial charge < -0.3 is 5.32 Å². The molecule has 4 nitrogen and oxygen atoms in total. The van der Waals surface area contributed by atoms with Crippen molar-refractivity contribution in [3.63, 3.8) is 0 Å². The van der Waals surface area contributed by atoms with Crippen LogP contribution in [-0.4, -0.2) is 21.6 Å². The molecule has 0 radical (unpaired) electrons. The van der Waals surface area contributed by atoms with Crippen LogP contribution in [0.4, 0.5) is 0 Å². The van der Waals surface area contributed by atoms with E-state index in [0.717, 1.165) is 6.42 Å². The average molecular weight is 226 g/mol. The summed E-state index contributed by atoms with van der Waals surface area (Å²) in [5.41, 5.74) is 1.85. The first-order chi connectivity index (χ1) is 6.90. The molecule has 14 heavy (non-hydrogen) atoms. The lowest BCUT2D eigenvalue weighted by molar-refractivity contribution is 0.605. The molecule has 2 heterocycles. The normalized spacial score (nSPS) is 12.9. The molecule has 2 aromatic heterocycles. The van der Waals surface area contributed by atoms with E-state index >= 15 is 0 Å². The zero-order chi connectivity index (χ0) is 9.80. The minimum Gasteiger partial charge on any atom is -0.312 e. The largest absolute Gasteiger partial charge is 0.312 e. The fourth-order valence-corrected chi connectivity index (χ4v) is 2.47. The maximum atomic E-state index is 4.05. The summed E-state index contributed by atoms with van der Waals surface area (Å²) in [6.45, 7) is 0. The van der Waals surface area contributed by atoms with E-state index in [1.54, 1.807) is 11.3 Å². The molecule has 1 N–H and O–H groups in total. The first-order valence-electron chi connectivity index (χ1n) is 4.22. The Kier molecular flexibility index (Phi) is 3.18. The molecule has 74 valence electrons. The van der Waals surface area contributed by atoms with E-state index in [-0.39, 0.29) is 0 Å². The highest BCUT2D eigenvalue weighted by Gasteiger charge is 2.12. The van der Waals surface area contributed by atoms with Crippen LogP contribution in [0.25, 0.3) is 0 Å². The summed E-state index contributed by atoms with van der Waals surface area (Å²) in [6.07, 6.45) is 4.67. The molecule has 0 aliphatic rings. The first kappa shape index (κ1) is 9.70. The fourth-order valence-electron chi connectivity index (χ4n) is 1.22. The van der Waals surface area contributed by atoms with Crippen molar-refractivity contribution in [1.29, 1.82) is 0 Å². The number of aromatic nitrogens is 3. The van der Waals surface area contributed by atoms with Crippen molar-refractivity contribution in [1.82, 2.24) is 19.9 Å². The van der Waals surface area contributed by atoms with E-state index in [0.29, 0.717) is 6.04 Å². The van der Waals surface area contributed by atoms with Gasteiger partial charge in [-0.3, -0.25) is 4.98 Å². The summed E-state index contributed by atoms with van der Waals surface area (Å²) >= 11 is 3.11. The molecule has 1 unspecified atom stereocenters. The SMILES string of the molecule is CNC(Cc1cncs1)c1cnns1. The summed E-state index contributed by atoms with van der Waals surface area (Å²) in [4.78, 5) is 6.50. The zero-order valence-electron chi connectivity index (χ0n) is 7.67. The maximum Gasteiger partial charge on any atom is 0.0794 e. The second kappa shape index (κ2) is 4.59. The van der Waals surface area contributed by atoms with E-state index in [9.17, 15) is 0 Å². The van der Waals surface area contributed by atoms with Gasteiger partial charge in [-0.1, -0.05) is 4.49 Å². The lowest BCUT2D eigenvalue weighted by atomic mass is 10.2. The molecule has 2 rings (SSSR count). The van der Waals surface area contributed by atoms with E-state index in [1.165, 1.54) is 21.3 Å². The number of hydrogen-bond donors (Lipinski definition) is 1. The second-order valence-corrected chi connectivity index (χ2v) is 4.62. The van der Waals surface area contributed by atoms with E-state index in [4.69, 9.17) is 0 Å². The van der Waals surface area contributed by atoms with Crippen LogP contribution in [0, 0.1) is 0 Å². The van der Waals surface area contributed by atoms with Crippen molar-refractivity contribution in [3.05, 3.63) is 27.7 Å².